The van der Waals surface area contributed by atoms with Crippen LogP contribution in [0.1, 0.15) is 30.4 Å². The van der Waals surface area contributed by atoms with E-state index in [1.54, 1.807) is 0 Å². The Morgan fingerprint density at radius 2 is 2.00 bits per heavy atom. The first-order chi connectivity index (χ1) is 11.8. The van der Waals surface area contributed by atoms with Crippen LogP contribution in [0.2, 0.25) is 0 Å². The Kier molecular flexibility index (Phi) is 2.99. The molecule has 118 valence electrons. The molecule has 0 saturated heterocycles. The molecule has 5 rings (SSSR count). The summed E-state index contributed by atoms with van der Waals surface area (Å²) in [6.07, 6.45) is 6.00. The second-order valence-corrected chi connectivity index (χ2v) is 6.78. The zero-order valence-electron chi connectivity index (χ0n) is 13.8. The van der Waals surface area contributed by atoms with Crippen molar-refractivity contribution >= 4 is 28.5 Å². The Hall–Kier alpha value is -2.61. The highest BCUT2D eigenvalue weighted by Gasteiger charge is 2.39. The van der Waals surface area contributed by atoms with E-state index in [2.05, 4.69) is 72.5 Å². The van der Waals surface area contributed by atoms with Crippen LogP contribution in [0.5, 0.6) is 0 Å². The normalized spacial score (nSPS) is 20.5. The second kappa shape index (κ2) is 5.20. The molecule has 2 aliphatic rings. The van der Waals surface area contributed by atoms with Gasteiger partial charge < -0.3 is 4.90 Å². The minimum atomic E-state index is 0.771. The first-order valence-corrected chi connectivity index (χ1v) is 8.79. The van der Waals surface area contributed by atoms with Crippen LogP contribution in [0.4, 0.5) is 11.5 Å². The maximum Gasteiger partial charge on any atom is 0.133 e. The Balaban J connectivity index is 1.57. The van der Waals surface area contributed by atoms with Crippen LogP contribution < -0.4 is 4.90 Å². The van der Waals surface area contributed by atoms with Crippen molar-refractivity contribution in [1.82, 2.24) is 4.98 Å². The predicted molar refractivity (Wildman–Crippen MR) is 101 cm³/mol. The molecule has 0 radical (unpaired) electrons. The molecule has 1 heterocycles. The van der Waals surface area contributed by atoms with E-state index in [-0.39, 0.29) is 0 Å². The third kappa shape index (κ3) is 2.14. The van der Waals surface area contributed by atoms with E-state index in [1.165, 1.54) is 28.6 Å². The summed E-state index contributed by atoms with van der Waals surface area (Å²) in [6, 6.07) is 19.5. The Morgan fingerprint density at radius 3 is 2.92 bits per heavy atom. The number of para-hydroxylation sites is 1. The predicted octanol–water partition coefficient (Wildman–Crippen LogP) is 5.52. The lowest BCUT2D eigenvalue weighted by Crippen LogP contribution is -2.17. The summed E-state index contributed by atoms with van der Waals surface area (Å²) in [4.78, 5) is 7.16. The first kappa shape index (κ1) is 13.8. The number of benzene rings is 2. The molecule has 3 aromatic rings. The molecule has 0 spiro atoms. The molecule has 0 aliphatic heterocycles. The van der Waals surface area contributed by atoms with E-state index in [0.717, 1.165) is 29.7 Å². The van der Waals surface area contributed by atoms with Crippen molar-refractivity contribution in [2.75, 3.05) is 11.4 Å². The largest absolute Gasteiger partial charge is 0.327 e. The molecule has 1 saturated carbocycles. The molecule has 1 aromatic heterocycles. The molecule has 2 unspecified atom stereocenters. The molecule has 1 fully saturated rings. The van der Waals surface area contributed by atoms with Gasteiger partial charge in [-0.25, -0.2) is 4.98 Å². The monoisotopic (exact) mass is 312 g/mol. The molecule has 0 amide bonds. The van der Waals surface area contributed by atoms with Gasteiger partial charge in [0, 0.05) is 17.6 Å². The first-order valence-electron chi connectivity index (χ1n) is 8.79. The van der Waals surface area contributed by atoms with Gasteiger partial charge in [-0.15, -0.1) is 0 Å². The molecule has 2 heteroatoms. The number of pyridine rings is 1. The zero-order chi connectivity index (χ0) is 16.1. The molecule has 0 bridgehead atoms. The van der Waals surface area contributed by atoms with Crippen molar-refractivity contribution in [2.45, 2.75) is 19.3 Å². The van der Waals surface area contributed by atoms with Crippen LogP contribution in [-0.4, -0.2) is 11.5 Å². The van der Waals surface area contributed by atoms with Crippen molar-refractivity contribution in [1.29, 1.82) is 0 Å². The van der Waals surface area contributed by atoms with Crippen molar-refractivity contribution in [2.24, 2.45) is 5.92 Å². The minimum Gasteiger partial charge on any atom is -0.327 e. The molecule has 2 atom stereocenters. The summed E-state index contributed by atoms with van der Waals surface area (Å²) in [5.74, 6) is 2.58. The van der Waals surface area contributed by atoms with Gasteiger partial charge in [0.05, 0.1) is 5.52 Å². The van der Waals surface area contributed by atoms with Gasteiger partial charge in [-0.1, -0.05) is 36.4 Å². The Labute approximate surface area is 142 Å². The van der Waals surface area contributed by atoms with E-state index in [0.29, 0.717) is 0 Å². The third-order valence-electron chi connectivity index (χ3n) is 5.32. The Morgan fingerprint density at radius 1 is 1.08 bits per heavy atom. The van der Waals surface area contributed by atoms with E-state index < -0.39 is 0 Å². The molecule has 2 nitrogen and oxygen atoms in total. The fourth-order valence-corrected chi connectivity index (χ4v) is 3.91. The highest BCUT2D eigenvalue weighted by molar-refractivity contribution is 5.81. The molecular formula is C22H20N2. The average Bonchev–Trinajstić information content (AvgIpc) is 3.42. The topological polar surface area (TPSA) is 16.1 Å². The van der Waals surface area contributed by atoms with Gasteiger partial charge in [-0.05, 0) is 66.6 Å². The fourth-order valence-electron chi connectivity index (χ4n) is 3.91. The number of hydrogen-bond donors (Lipinski definition) is 0. The SMILES string of the molecule is CCN(c1ccc2c(c1)C=CC1CC21)c1ccc2ccccc2n1. The lowest BCUT2D eigenvalue weighted by atomic mass is 9.96. The maximum atomic E-state index is 4.87. The van der Waals surface area contributed by atoms with Gasteiger partial charge in [-0.3, -0.25) is 0 Å². The molecular weight excluding hydrogens is 292 g/mol. The van der Waals surface area contributed by atoms with Gasteiger partial charge in [0.25, 0.3) is 0 Å². The third-order valence-corrected chi connectivity index (χ3v) is 5.32. The van der Waals surface area contributed by atoms with Gasteiger partial charge >= 0.3 is 0 Å². The number of fused-ring (bicyclic) bond motifs is 4. The number of aromatic nitrogens is 1. The van der Waals surface area contributed by atoms with E-state index in [9.17, 15) is 0 Å². The standard InChI is InChI=1S/C22H20N2/c1-2-24(22-12-9-15-5-3-4-6-21(15)23-22)18-10-11-19-16(13-18)7-8-17-14-20(17)19/h3-13,17,20H,2,14H2,1H3. The van der Waals surface area contributed by atoms with Crippen LogP contribution in [-0.2, 0) is 0 Å². The quantitative estimate of drug-likeness (QED) is 0.632. The lowest BCUT2D eigenvalue weighted by Gasteiger charge is -2.24. The number of anilines is 2. The number of nitrogens with zero attached hydrogens (tertiary/aromatic N) is 2. The lowest BCUT2D eigenvalue weighted by molar-refractivity contribution is 0.977. The Bertz CT molecular complexity index is 957. The van der Waals surface area contributed by atoms with E-state index in [4.69, 9.17) is 4.98 Å². The molecule has 2 aliphatic carbocycles. The van der Waals surface area contributed by atoms with Crippen LogP contribution in [0, 0.1) is 5.92 Å². The second-order valence-electron chi connectivity index (χ2n) is 6.78. The van der Waals surface area contributed by atoms with Gasteiger partial charge in [0.2, 0.25) is 0 Å². The van der Waals surface area contributed by atoms with Crippen molar-refractivity contribution in [3.05, 3.63) is 71.8 Å². The summed E-state index contributed by atoms with van der Waals surface area (Å²) in [7, 11) is 0. The van der Waals surface area contributed by atoms with Crippen molar-refractivity contribution < 1.29 is 0 Å². The van der Waals surface area contributed by atoms with Crippen molar-refractivity contribution in [3.63, 3.8) is 0 Å². The average molecular weight is 312 g/mol. The summed E-state index contributed by atoms with van der Waals surface area (Å²) in [6.45, 7) is 3.09. The highest BCUT2D eigenvalue weighted by Crippen LogP contribution is 2.53. The minimum absolute atomic E-state index is 0.771. The van der Waals surface area contributed by atoms with Gasteiger partial charge in [0.15, 0.2) is 0 Å². The number of hydrogen-bond acceptors (Lipinski definition) is 2. The van der Waals surface area contributed by atoms with E-state index >= 15 is 0 Å². The van der Waals surface area contributed by atoms with Crippen LogP contribution >= 0.6 is 0 Å². The summed E-state index contributed by atoms with van der Waals surface area (Å²) >= 11 is 0. The molecule has 24 heavy (non-hydrogen) atoms. The number of rotatable bonds is 3. The highest BCUT2D eigenvalue weighted by atomic mass is 15.2. The van der Waals surface area contributed by atoms with Gasteiger partial charge in [-0.2, -0.15) is 0 Å². The fraction of sp³-hybridized carbons (Fsp3) is 0.227. The number of allylic oxidation sites excluding steroid dienone is 1. The van der Waals surface area contributed by atoms with E-state index in [1.807, 2.05) is 6.07 Å². The molecule has 0 N–H and O–H groups in total. The smallest absolute Gasteiger partial charge is 0.133 e. The van der Waals surface area contributed by atoms with Crippen LogP contribution in [0.3, 0.4) is 0 Å². The van der Waals surface area contributed by atoms with Gasteiger partial charge in [0.1, 0.15) is 5.82 Å². The van der Waals surface area contributed by atoms with Crippen molar-refractivity contribution in [3.8, 4) is 0 Å². The van der Waals surface area contributed by atoms with Crippen LogP contribution in [0.25, 0.3) is 17.0 Å². The summed E-state index contributed by atoms with van der Waals surface area (Å²) < 4.78 is 0. The summed E-state index contributed by atoms with van der Waals surface area (Å²) in [5, 5.41) is 1.19. The zero-order valence-corrected chi connectivity index (χ0v) is 13.8. The van der Waals surface area contributed by atoms with Crippen LogP contribution in [0.15, 0.2) is 60.7 Å². The molecule has 2 aromatic carbocycles. The maximum absolute atomic E-state index is 4.87. The summed E-state index contributed by atoms with van der Waals surface area (Å²) in [5.41, 5.74) is 5.18.